The van der Waals surface area contributed by atoms with E-state index in [2.05, 4.69) is 107 Å². The zero-order valence-corrected chi connectivity index (χ0v) is 33.7. The van der Waals surface area contributed by atoms with Gasteiger partial charge < -0.3 is 10.6 Å². The van der Waals surface area contributed by atoms with Gasteiger partial charge in [0.2, 0.25) is 0 Å². The molecule has 9 rings (SSSR count). The van der Waals surface area contributed by atoms with Crippen LogP contribution in [0.15, 0.2) is 91.3 Å². The van der Waals surface area contributed by atoms with E-state index in [1.807, 2.05) is 48.5 Å². The Hall–Kier alpha value is -5.75. The smallest absolute Gasteiger partial charge is 0.251 e. The molecule has 292 valence electrons. The van der Waals surface area contributed by atoms with Crippen molar-refractivity contribution in [2.45, 2.75) is 90.1 Å². The number of tetrazole rings is 2. The van der Waals surface area contributed by atoms with Crippen LogP contribution in [0.4, 0.5) is 0 Å². The van der Waals surface area contributed by atoms with Gasteiger partial charge in [0.1, 0.15) is 6.33 Å². The third kappa shape index (κ3) is 8.96. The van der Waals surface area contributed by atoms with Gasteiger partial charge in [-0.15, -0.1) is 10.2 Å². The lowest BCUT2D eigenvalue weighted by Gasteiger charge is -2.26. The molecule has 3 fully saturated rings. The summed E-state index contributed by atoms with van der Waals surface area (Å²) in [6, 6.07) is 27.4. The van der Waals surface area contributed by atoms with Gasteiger partial charge in [0, 0.05) is 33.1 Å². The predicted molar refractivity (Wildman–Crippen MR) is 219 cm³/mol. The molecule has 3 saturated carbocycles. The second-order valence-corrected chi connectivity index (χ2v) is 17.2. The Morgan fingerprint density at radius 3 is 1.68 bits per heavy atom. The van der Waals surface area contributed by atoms with Crippen LogP contribution in [0.5, 0.6) is 0 Å². The Morgan fingerprint density at radius 2 is 1.18 bits per heavy atom. The first-order chi connectivity index (χ1) is 27.3. The number of hydrogen-bond donors (Lipinski definition) is 2. The molecule has 12 nitrogen and oxygen atoms in total. The van der Waals surface area contributed by atoms with Crippen LogP contribution in [-0.4, -0.2) is 63.3 Å². The van der Waals surface area contributed by atoms with Crippen LogP contribution < -0.4 is 10.6 Å². The maximum absolute atomic E-state index is 13.2. The Kier molecular flexibility index (Phi) is 10.2. The van der Waals surface area contributed by atoms with Gasteiger partial charge in [0.05, 0.1) is 11.4 Å². The van der Waals surface area contributed by atoms with E-state index in [4.69, 9.17) is 11.6 Å². The number of aromatic nitrogens is 8. The SMILES string of the molecule is CC(C)(NC(=O)c1cc(-c2ccc(Cl)cc2)cc(-n2cnnn2)c1)C1CC1.Cc1ccc(-c2cc(C(=O)NC(C)(C)C3CC3)cc(-n3nnnc3C3CC3)c2)cc1. The molecule has 0 spiro atoms. The molecule has 0 bridgehead atoms. The van der Waals surface area contributed by atoms with Gasteiger partial charge in [-0.25, -0.2) is 4.68 Å². The summed E-state index contributed by atoms with van der Waals surface area (Å²) in [5, 5.41) is 30.8. The molecule has 2 N–H and O–H groups in total. The standard InChI is InChI=1S/C24H27N5O.C20H20ClN5O/c1-15-4-6-16(7-5-15)18-12-19(23(30)25-24(2,3)20-10-11-20)14-21(13-18)29-22(17-8-9-17)26-27-28-29;1-20(2,16-5-6-16)23-19(27)15-9-14(13-3-7-17(21)8-4-13)10-18(11-15)26-12-22-24-25-26/h4-7,12-14,17,20H,8-11H2,1-3H3,(H,25,30);3-4,7-12,16H,5-6H2,1-2H3,(H,23,27). The summed E-state index contributed by atoms with van der Waals surface area (Å²) in [5.41, 5.74) is 7.45. The number of aryl methyl sites for hydroxylation is 1. The fourth-order valence-corrected chi connectivity index (χ4v) is 7.38. The minimum absolute atomic E-state index is 0.0526. The van der Waals surface area contributed by atoms with Crippen molar-refractivity contribution in [3.63, 3.8) is 0 Å². The lowest BCUT2D eigenvalue weighted by atomic mass is 9.96. The first-order valence-corrected chi connectivity index (χ1v) is 20.0. The van der Waals surface area contributed by atoms with Crippen molar-refractivity contribution in [3.8, 4) is 33.6 Å². The Labute approximate surface area is 337 Å². The van der Waals surface area contributed by atoms with Crippen molar-refractivity contribution in [3.05, 3.63) is 119 Å². The van der Waals surface area contributed by atoms with Gasteiger partial charge >= 0.3 is 0 Å². The van der Waals surface area contributed by atoms with Crippen molar-refractivity contribution < 1.29 is 9.59 Å². The normalized spacial score (nSPS) is 15.4. The lowest BCUT2D eigenvalue weighted by molar-refractivity contribution is 0.0894. The minimum atomic E-state index is -0.220. The third-order valence-corrected chi connectivity index (χ3v) is 11.5. The lowest BCUT2D eigenvalue weighted by Crippen LogP contribution is -2.45. The molecule has 0 radical (unpaired) electrons. The highest BCUT2D eigenvalue weighted by atomic mass is 35.5. The number of carbonyl (C=O) groups is 2. The minimum Gasteiger partial charge on any atom is -0.347 e. The molecule has 13 heteroatoms. The average molecular weight is 783 g/mol. The van der Waals surface area contributed by atoms with Gasteiger partial charge in [-0.1, -0.05) is 53.6 Å². The van der Waals surface area contributed by atoms with E-state index in [1.165, 1.54) is 24.7 Å². The number of hydrogen-bond acceptors (Lipinski definition) is 8. The maximum atomic E-state index is 13.2. The molecule has 3 aliphatic rings. The molecular formula is C44H47ClN10O2. The van der Waals surface area contributed by atoms with Gasteiger partial charge in [-0.05, 0) is 177 Å². The summed E-state index contributed by atoms with van der Waals surface area (Å²) in [5.74, 6) is 2.23. The van der Waals surface area contributed by atoms with Crippen LogP contribution >= 0.6 is 11.6 Å². The van der Waals surface area contributed by atoms with Crippen molar-refractivity contribution >= 4 is 23.4 Å². The zero-order chi connectivity index (χ0) is 39.9. The zero-order valence-electron chi connectivity index (χ0n) is 32.9. The number of halogens is 1. The molecule has 2 amide bonds. The molecule has 6 aromatic rings. The van der Waals surface area contributed by atoms with Gasteiger partial charge in [-0.3, -0.25) is 9.59 Å². The van der Waals surface area contributed by atoms with E-state index in [9.17, 15) is 9.59 Å². The number of nitrogens with zero attached hydrogens (tertiary/aromatic N) is 8. The maximum Gasteiger partial charge on any atom is 0.251 e. The first-order valence-electron chi connectivity index (χ1n) is 19.6. The monoisotopic (exact) mass is 782 g/mol. The van der Waals surface area contributed by atoms with E-state index < -0.39 is 0 Å². The van der Waals surface area contributed by atoms with Crippen molar-refractivity contribution in [2.24, 2.45) is 11.8 Å². The largest absolute Gasteiger partial charge is 0.347 e. The molecule has 0 unspecified atom stereocenters. The Bertz CT molecular complexity index is 2390. The molecule has 0 atom stereocenters. The van der Waals surface area contributed by atoms with Gasteiger partial charge in [0.25, 0.3) is 11.8 Å². The average Bonchev–Trinajstić information content (AvgIpc) is 4.12. The quantitative estimate of drug-likeness (QED) is 0.133. The molecule has 4 aromatic carbocycles. The first kappa shape index (κ1) is 38.1. The second-order valence-electron chi connectivity index (χ2n) is 16.8. The number of amides is 2. The second kappa shape index (κ2) is 15.3. The molecular weight excluding hydrogens is 736 g/mol. The summed E-state index contributed by atoms with van der Waals surface area (Å²) in [7, 11) is 0. The molecule has 57 heavy (non-hydrogen) atoms. The molecule has 3 aliphatic carbocycles. The molecule has 2 heterocycles. The van der Waals surface area contributed by atoms with Crippen LogP contribution in [0.2, 0.25) is 5.02 Å². The van der Waals surface area contributed by atoms with Crippen LogP contribution in [0.25, 0.3) is 33.6 Å². The van der Waals surface area contributed by atoms with Crippen molar-refractivity contribution in [1.29, 1.82) is 0 Å². The summed E-state index contributed by atoms with van der Waals surface area (Å²) < 4.78 is 3.33. The van der Waals surface area contributed by atoms with Crippen LogP contribution in [0.1, 0.15) is 104 Å². The summed E-state index contributed by atoms with van der Waals surface area (Å²) >= 11 is 6.01. The molecule has 0 saturated heterocycles. The summed E-state index contributed by atoms with van der Waals surface area (Å²) in [6.45, 7) is 10.4. The number of nitrogens with one attached hydrogen (secondary N) is 2. The summed E-state index contributed by atoms with van der Waals surface area (Å²) in [4.78, 5) is 26.2. The highest BCUT2D eigenvalue weighted by Gasteiger charge is 2.40. The number of rotatable bonds is 11. The van der Waals surface area contributed by atoms with E-state index in [1.54, 1.807) is 15.4 Å². The van der Waals surface area contributed by atoms with E-state index >= 15 is 0 Å². The highest BCUT2D eigenvalue weighted by Crippen LogP contribution is 2.41. The third-order valence-electron chi connectivity index (χ3n) is 11.3. The van der Waals surface area contributed by atoms with Crippen LogP contribution in [-0.2, 0) is 0 Å². The predicted octanol–water partition coefficient (Wildman–Crippen LogP) is 8.33. The fraction of sp³-hybridized carbons (Fsp3) is 0.364. The Morgan fingerprint density at radius 1 is 0.649 bits per heavy atom. The fourth-order valence-electron chi connectivity index (χ4n) is 7.26. The van der Waals surface area contributed by atoms with E-state index in [0.29, 0.717) is 33.9 Å². The Balaban J connectivity index is 0.000000161. The van der Waals surface area contributed by atoms with Crippen molar-refractivity contribution in [2.75, 3.05) is 0 Å². The van der Waals surface area contributed by atoms with Gasteiger partial charge in [-0.2, -0.15) is 4.68 Å². The highest BCUT2D eigenvalue weighted by molar-refractivity contribution is 6.30. The van der Waals surface area contributed by atoms with E-state index in [-0.39, 0.29) is 22.9 Å². The topological polar surface area (TPSA) is 145 Å². The number of carbonyl (C=O) groups excluding carboxylic acids is 2. The van der Waals surface area contributed by atoms with Crippen LogP contribution in [0.3, 0.4) is 0 Å². The molecule has 0 aliphatic heterocycles. The number of benzene rings is 4. The van der Waals surface area contributed by atoms with Crippen molar-refractivity contribution in [1.82, 2.24) is 51.0 Å². The van der Waals surface area contributed by atoms with Gasteiger partial charge in [0.15, 0.2) is 5.82 Å². The summed E-state index contributed by atoms with van der Waals surface area (Å²) in [6.07, 6.45) is 8.41. The van der Waals surface area contributed by atoms with Crippen LogP contribution in [0, 0.1) is 18.8 Å². The van der Waals surface area contributed by atoms with E-state index in [0.717, 1.165) is 65.1 Å². The molecule has 2 aromatic heterocycles.